The van der Waals surface area contributed by atoms with Crippen molar-refractivity contribution in [1.82, 2.24) is 0 Å². The van der Waals surface area contributed by atoms with E-state index in [4.69, 9.17) is 10.5 Å². The van der Waals surface area contributed by atoms with Gasteiger partial charge in [-0.25, -0.2) is 4.39 Å². The summed E-state index contributed by atoms with van der Waals surface area (Å²) in [5.41, 5.74) is 5.05. The Kier molecular flexibility index (Phi) is 5.55. The molecule has 0 aromatic heterocycles. The van der Waals surface area contributed by atoms with Crippen LogP contribution in [0.5, 0.6) is 0 Å². The van der Waals surface area contributed by atoms with E-state index >= 15 is 0 Å². The maximum Gasteiger partial charge on any atom is 0.250 e. The number of anilines is 1. The fourth-order valence-corrected chi connectivity index (χ4v) is 2.96. The van der Waals surface area contributed by atoms with Crippen LogP contribution in [-0.2, 0) is 9.53 Å². The zero-order valence-electron chi connectivity index (χ0n) is 10.9. The average Bonchev–Trinajstić information content (AvgIpc) is 2.48. The van der Waals surface area contributed by atoms with Gasteiger partial charge in [-0.2, -0.15) is 0 Å². The molecule has 1 aromatic carbocycles. The van der Waals surface area contributed by atoms with E-state index in [1.165, 1.54) is 6.07 Å². The zero-order valence-corrected chi connectivity index (χ0v) is 14.7. The third kappa shape index (κ3) is 3.72. The van der Waals surface area contributed by atoms with Crippen LogP contribution in [-0.4, -0.2) is 25.0 Å². The quantitative estimate of drug-likeness (QED) is 0.526. The van der Waals surface area contributed by atoms with E-state index in [9.17, 15) is 14.0 Å². The van der Waals surface area contributed by atoms with Gasteiger partial charge in [-0.05, 0) is 57.4 Å². The molecule has 5 nitrogen and oxygen atoms in total. The predicted molar refractivity (Wildman–Crippen MR) is 87.5 cm³/mol. The predicted octanol–water partition coefficient (Wildman–Crippen LogP) is 2.66. The lowest BCUT2D eigenvalue weighted by atomic mass is 9.99. The molecule has 0 bridgehead atoms. The maximum atomic E-state index is 14.3. The minimum atomic E-state index is -0.790. The summed E-state index contributed by atoms with van der Waals surface area (Å²) in [7, 11) is 0. The van der Waals surface area contributed by atoms with E-state index in [1.807, 2.05) is 22.6 Å². The molecule has 3 N–H and O–H groups in total. The summed E-state index contributed by atoms with van der Waals surface area (Å²) >= 11 is 4.97. The molecule has 114 valence electrons. The molecule has 0 spiro atoms. The molecular weight excluding hydrogens is 458 g/mol. The highest BCUT2D eigenvalue weighted by Gasteiger charge is 2.26. The molecule has 8 heteroatoms. The van der Waals surface area contributed by atoms with Gasteiger partial charge in [0.2, 0.25) is 5.91 Å². The number of benzene rings is 1. The first-order valence-corrected chi connectivity index (χ1v) is 8.15. The third-order valence-corrected chi connectivity index (χ3v) is 5.64. The van der Waals surface area contributed by atoms with Crippen LogP contribution in [0.25, 0.3) is 0 Å². The topological polar surface area (TPSA) is 81.4 Å². The molecule has 1 saturated heterocycles. The first kappa shape index (κ1) is 16.6. The Bertz CT molecular complexity index is 591. The Labute approximate surface area is 143 Å². The van der Waals surface area contributed by atoms with Gasteiger partial charge in [0.15, 0.2) is 5.82 Å². The van der Waals surface area contributed by atoms with Crippen molar-refractivity contribution in [3.63, 3.8) is 0 Å². The van der Waals surface area contributed by atoms with Crippen molar-refractivity contribution in [3.05, 3.63) is 25.5 Å². The molecule has 0 radical (unpaired) electrons. The van der Waals surface area contributed by atoms with E-state index in [0.717, 1.165) is 0 Å². The molecule has 0 aliphatic carbocycles. The summed E-state index contributed by atoms with van der Waals surface area (Å²) in [5, 5.41) is 2.49. The van der Waals surface area contributed by atoms with Gasteiger partial charge in [-0.3, -0.25) is 9.59 Å². The van der Waals surface area contributed by atoms with Crippen LogP contribution >= 0.6 is 38.5 Å². The summed E-state index contributed by atoms with van der Waals surface area (Å²) < 4.78 is 20.2. The molecule has 0 unspecified atom stereocenters. The van der Waals surface area contributed by atoms with Crippen LogP contribution in [0.3, 0.4) is 0 Å². The minimum absolute atomic E-state index is 0.0412. The molecule has 1 aliphatic rings. The smallest absolute Gasteiger partial charge is 0.250 e. The molecular formula is C13H13BrFIN2O3. The summed E-state index contributed by atoms with van der Waals surface area (Å²) in [6, 6.07) is 1.44. The number of rotatable bonds is 3. The van der Waals surface area contributed by atoms with Crippen LogP contribution in [0.2, 0.25) is 0 Å². The summed E-state index contributed by atoms with van der Waals surface area (Å²) in [6.45, 7) is 0.999. The van der Waals surface area contributed by atoms with Gasteiger partial charge in [0.05, 0.1) is 15.7 Å². The highest BCUT2D eigenvalue weighted by molar-refractivity contribution is 14.1. The van der Waals surface area contributed by atoms with Crippen LogP contribution < -0.4 is 11.1 Å². The lowest BCUT2D eigenvalue weighted by Gasteiger charge is -2.22. The number of carbonyl (C=O) groups is 2. The normalized spacial score (nSPS) is 15.8. The van der Waals surface area contributed by atoms with Gasteiger partial charge in [-0.15, -0.1) is 0 Å². The highest BCUT2D eigenvalue weighted by atomic mass is 127. The maximum absolute atomic E-state index is 14.3. The molecule has 0 atom stereocenters. The first-order chi connectivity index (χ1) is 9.91. The molecule has 1 fully saturated rings. The van der Waals surface area contributed by atoms with Crippen molar-refractivity contribution in [1.29, 1.82) is 0 Å². The summed E-state index contributed by atoms with van der Waals surface area (Å²) in [5.74, 6) is -2.07. The molecule has 21 heavy (non-hydrogen) atoms. The largest absolute Gasteiger partial charge is 0.381 e. The number of nitrogens with one attached hydrogen (secondary N) is 1. The highest BCUT2D eigenvalue weighted by Crippen LogP contribution is 2.32. The Morgan fingerprint density at radius 3 is 2.62 bits per heavy atom. The third-order valence-electron chi connectivity index (χ3n) is 3.27. The van der Waals surface area contributed by atoms with Gasteiger partial charge in [0.1, 0.15) is 0 Å². The van der Waals surface area contributed by atoms with Crippen molar-refractivity contribution in [2.75, 3.05) is 18.5 Å². The standard InChI is InChI=1S/C13H13BrFIN2O3/c14-9-8(16)5-7(12(17)19)11(10(9)15)18-13(20)6-1-3-21-4-2-6/h5-6H,1-4H2,(H2,17,19)(H,18,20). The van der Waals surface area contributed by atoms with Gasteiger partial charge in [0, 0.05) is 22.7 Å². The van der Waals surface area contributed by atoms with Crippen molar-refractivity contribution in [2.24, 2.45) is 11.7 Å². The van der Waals surface area contributed by atoms with E-state index in [0.29, 0.717) is 29.6 Å². The monoisotopic (exact) mass is 470 g/mol. The second kappa shape index (κ2) is 7.01. The van der Waals surface area contributed by atoms with Crippen LogP contribution in [0, 0.1) is 15.3 Å². The van der Waals surface area contributed by atoms with Gasteiger partial charge in [-0.1, -0.05) is 0 Å². The van der Waals surface area contributed by atoms with Crippen molar-refractivity contribution in [2.45, 2.75) is 12.8 Å². The van der Waals surface area contributed by atoms with Gasteiger partial charge >= 0.3 is 0 Å². The summed E-state index contributed by atoms with van der Waals surface area (Å²) in [4.78, 5) is 23.6. The SMILES string of the molecule is NC(=O)c1cc(I)c(Br)c(F)c1NC(=O)C1CCOCC1. The molecule has 1 heterocycles. The minimum Gasteiger partial charge on any atom is -0.381 e. The van der Waals surface area contributed by atoms with Gasteiger partial charge in [0.25, 0.3) is 5.91 Å². The number of carbonyl (C=O) groups excluding carboxylic acids is 2. The number of hydrogen-bond donors (Lipinski definition) is 2. The number of halogens is 3. The lowest BCUT2D eigenvalue weighted by molar-refractivity contribution is -0.122. The number of hydrogen-bond acceptors (Lipinski definition) is 3. The second-order valence-electron chi connectivity index (χ2n) is 4.65. The van der Waals surface area contributed by atoms with Crippen LogP contribution in [0.4, 0.5) is 10.1 Å². The Hall–Kier alpha value is -0.740. The Morgan fingerprint density at radius 1 is 1.43 bits per heavy atom. The van der Waals surface area contributed by atoms with E-state index in [1.54, 1.807) is 0 Å². The fourth-order valence-electron chi connectivity index (χ4n) is 2.10. The first-order valence-electron chi connectivity index (χ1n) is 6.27. The van der Waals surface area contributed by atoms with Crippen molar-refractivity contribution in [3.8, 4) is 0 Å². The van der Waals surface area contributed by atoms with E-state index < -0.39 is 11.7 Å². The molecule has 2 amide bonds. The Balaban J connectivity index is 2.32. The fraction of sp³-hybridized carbons (Fsp3) is 0.385. The number of nitrogens with two attached hydrogens (primary N) is 1. The van der Waals surface area contributed by atoms with E-state index in [2.05, 4.69) is 21.2 Å². The van der Waals surface area contributed by atoms with Crippen LogP contribution in [0.1, 0.15) is 23.2 Å². The molecule has 1 aliphatic heterocycles. The number of primary amides is 1. The average molecular weight is 471 g/mol. The number of amides is 2. The number of ether oxygens (including phenoxy) is 1. The summed E-state index contributed by atoms with van der Waals surface area (Å²) in [6.07, 6.45) is 1.15. The van der Waals surface area contributed by atoms with Gasteiger partial charge < -0.3 is 15.8 Å². The van der Waals surface area contributed by atoms with E-state index in [-0.39, 0.29) is 27.5 Å². The van der Waals surface area contributed by atoms with Crippen molar-refractivity contribution >= 4 is 56.0 Å². The second-order valence-corrected chi connectivity index (χ2v) is 6.60. The Morgan fingerprint density at radius 2 is 2.05 bits per heavy atom. The van der Waals surface area contributed by atoms with Crippen LogP contribution in [0.15, 0.2) is 10.5 Å². The molecule has 0 saturated carbocycles. The molecule has 1 aromatic rings. The zero-order chi connectivity index (χ0) is 15.6. The van der Waals surface area contributed by atoms with Crippen molar-refractivity contribution < 1.29 is 18.7 Å². The molecule has 2 rings (SSSR count). The lowest BCUT2D eigenvalue weighted by Crippen LogP contribution is -2.30.